The summed E-state index contributed by atoms with van der Waals surface area (Å²) in [5.41, 5.74) is 9.91. The molecule has 2 fully saturated rings. The van der Waals surface area contributed by atoms with Crippen LogP contribution in [0.4, 0.5) is 20.2 Å². The fourth-order valence-corrected chi connectivity index (χ4v) is 5.98. The smallest absolute Gasteiger partial charge is 0.228 e. The lowest BCUT2D eigenvalue weighted by Crippen LogP contribution is -2.47. The number of hydrogen-bond donors (Lipinski definition) is 4. The van der Waals surface area contributed by atoms with Crippen LogP contribution in [-0.2, 0) is 0 Å². The summed E-state index contributed by atoms with van der Waals surface area (Å²) >= 11 is 6.76. The number of rotatable bonds is 8. The van der Waals surface area contributed by atoms with E-state index in [1.54, 1.807) is 30.3 Å². The van der Waals surface area contributed by atoms with Crippen LogP contribution >= 0.6 is 11.6 Å². The molecule has 7 nitrogen and oxygen atoms in total. The summed E-state index contributed by atoms with van der Waals surface area (Å²) < 4.78 is 30.2. The summed E-state index contributed by atoms with van der Waals surface area (Å²) in [6.45, 7) is 8.78. The van der Waals surface area contributed by atoms with Crippen LogP contribution < -0.4 is 21.6 Å². The lowest BCUT2D eigenvalue weighted by Gasteiger charge is -2.27. The van der Waals surface area contributed by atoms with Gasteiger partial charge in [0.1, 0.15) is 5.70 Å². The number of hydrazine groups is 2. The van der Waals surface area contributed by atoms with Gasteiger partial charge in [-0.05, 0) is 62.1 Å². The first-order chi connectivity index (χ1) is 19.5. The highest BCUT2D eigenvalue weighted by Crippen LogP contribution is 2.58. The molecule has 4 N–H and O–H groups in total. The molecule has 2 aliphatic carbocycles. The van der Waals surface area contributed by atoms with Gasteiger partial charge in [0.25, 0.3) is 0 Å². The van der Waals surface area contributed by atoms with Gasteiger partial charge in [0.15, 0.2) is 0 Å². The number of pyridine rings is 2. The molecule has 1 aliphatic heterocycles. The molecule has 0 radical (unpaired) electrons. The molecule has 6 rings (SSSR count). The molecule has 10 heteroatoms. The highest BCUT2D eigenvalue weighted by molar-refractivity contribution is 6.35. The fraction of sp³-hybridized carbons (Fsp3) is 0.419. The van der Waals surface area contributed by atoms with Gasteiger partial charge in [-0.3, -0.25) is 9.99 Å². The van der Waals surface area contributed by atoms with E-state index in [0.29, 0.717) is 51.2 Å². The molecule has 214 valence electrons. The highest BCUT2D eigenvalue weighted by Gasteiger charge is 2.60. The molecular formula is C31H34ClF2N7. The summed E-state index contributed by atoms with van der Waals surface area (Å²) in [5.74, 6) is 2.22. The molecule has 0 saturated heterocycles. The van der Waals surface area contributed by atoms with Crippen molar-refractivity contribution < 1.29 is 8.78 Å². The van der Waals surface area contributed by atoms with Crippen molar-refractivity contribution in [1.29, 1.82) is 0 Å². The van der Waals surface area contributed by atoms with Gasteiger partial charge in [0, 0.05) is 35.1 Å². The number of aromatic nitrogens is 2. The highest BCUT2D eigenvalue weighted by atomic mass is 35.5. The number of nitrogens with zero attached hydrogens (tertiary/aromatic N) is 3. The third-order valence-electron chi connectivity index (χ3n) is 8.15. The predicted octanol–water partition coefficient (Wildman–Crippen LogP) is 6.73. The Hall–Kier alpha value is -3.61. The van der Waals surface area contributed by atoms with Crippen LogP contribution in [0.5, 0.6) is 0 Å². The Kier molecular flexibility index (Phi) is 6.74. The van der Waals surface area contributed by atoms with Crippen LogP contribution in [0.25, 0.3) is 10.9 Å². The molecule has 3 heterocycles. The first-order valence-corrected chi connectivity index (χ1v) is 14.3. The maximum Gasteiger partial charge on any atom is 0.228 e. The zero-order valence-electron chi connectivity index (χ0n) is 23.6. The van der Waals surface area contributed by atoms with E-state index in [1.807, 2.05) is 6.07 Å². The minimum Gasteiger partial charge on any atom is -0.383 e. The maximum atomic E-state index is 16.2. The average Bonchev–Trinajstić information content (AvgIpc) is 3.83. The molecule has 0 unspecified atom stereocenters. The van der Waals surface area contributed by atoms with Crippen LogP contribution in [0.3, 0.4) is 0 Å². The van der Waals surface area contributed by atoms with E-state index in [9.17, 15) is 4.39 Å². The second-order valence-corrected chi connectivity index (χ2v) is 12.9. The Morgan fingerprint density at radius 3 is 2.63 bits per heavy atom. The van der Waals surface area contributed by atoms with Gasteiger partial charge in [0.05, 0.1) is 33.4 Å². The van der Waals surface area contributed by atoms with Crippen LogP contribution in [0.2, 0.25) is 5.02 Å². The van der Waals surface area contributed by atoms with Crippen LogP contribution in [-0.4, -0.2) is 27.1 Å². The minimum absolute atomic E-state index is 0.00424. The molecule has 2 saturated carbocycles. The quantitative estimate of drug-likeness (QED) is 0.134. The fourth-order valence-electron chi connectivity index (χ4n) is 5.71. The van der Waals surface area contributed by atoms with Crippen LogP contribution in [0.1, 0.15) is 69.3 Å². The van der Waals surface area contributed by atoms with Crippen molar-refractivity contribution in [2.75, 3.05) is 17.2 Å². The molecule has 1 aromatic carbocycles. The van der Waals surface area contributed by atoms with Gasteiger partial charge in [-0.2, -0.15) is 8.78 Å². The van der Waals surface area contributed by atoms with Gasteiger partial charge in [-0.15, -0.1) is 12.0 Å². The first-order valence-electron chi connectivity index (χ1n) is 13.9. The van der Waals surface area contributed by atoms with E-state index in [1.165, 1.54) is 6.07 Å². The largest absolute Gasteiger partial charge is 0.383 e. The zero-order chi connectivity index (χ0) is 29.1. The Balaban J connectivity index is 1.43. The van der Waals surface area contributed by atoms with Crippen molar-refractivity contribution in [2.24, 2.45) is 11.3 Å². The van der Waals surface area contributed by atoms with Crippen LogP contribution in [0, 0.1) is 36.5 Å². The molecule has 3 aliphatic rings. The van der Waals surface area contributed by atoms with Gasteiger partial charge >= 0.3 is 0 Å². The number of terminal acetylenes is 1. The molecule has 41 heavy (non-hydrogen) atoms. The molecule has 1 atom stereocenters. The lowest BCUT2D eigenvalue weighted by atomic mass is 9.96. The van der Waals surface area contributed by atoms with Crippen molar-refractivity contribution in [3.63, 3.8) is 0 Å². The Morgan fingerprint density at radius 1 is 1.24 bits per heavy atom. The topological polar surface area (TPSA) is 77.1 Å². The van der Waals surface area contributed by atoms with E-state index in [-0.39, 0.29) is 16.9 Å². The molecule has 0 bridgehead atoms. The molecule has 2 aromatic heterocycles. The lowest BCUT2D eigenvalue weighted by molar-refractivity contribution is 0.108. The maximum absolute atomic E-state index is 16.2. The van der Waals surface area contributed by atoms with Gasteiger partial charge in [-0.25, -0.2) is 4.98 Å². The third-order valence-corrected chi connectivity index (χ3v) is 8.43. The van der Waals surface area contributed by atoms with E-state index in [2.05, 4.69) is 58.3 Å². The summed E-state index contributed by atoms with van der Waals surface area (Å²) in [7, 11) is 0. The molecular weight excluding hydrogens is 544 g/mol. The van der Waals surface area contributed by atoms with E-state index >= 15 is 4.39 Å². The minimum atomic E-state index is -0.723. The van der Waals surface area contributed by atoms with Gasteiger partial charge < -0.3 is 16.1 Å². The molecule has 3 aromatic rings. The monoisotopic (exact) mass is 577 g/mol. The number of anilines is 2. The van der Waals surface area contributed by atoms with E-state index < -0.39 is 12.0 Å². The standard InChI is InChI=1S/C31H34ClF2N7/c1-6-18-15-35-26-22(25(18)36-16-30(3,4)5)13-20(14-23(26)32)38-27(21-9-10-24(33)37-17(21)2)28-29(34)41(40-39-28)31(11-12-31)19-7-8-19/h1,9-10,13-15,19,27,38-40H,7-8,11-12,16H2,2-5H3,(H,35,36)/t27-/m0/s1. The average molecular weight is 578 g/mol. The number of halogens is 3. The SMILES string of the molecule is C#Cc1cnc2c(Cl)cc(N[C@H](C3=C(F)N(C4(C5CC5)CC4)NN3)c3ccc(F)nc3C)cc2c1NCC(C)(C)C. The van der Waals surface area contributed by atoms with Crippen LogP contribution in [0.15, 0.2) is 42.1 Å². The summed E-state index contributed by atoms with van der Waals surface area (Å²) in [6, 6.07) is 5.85. The Morgan fingerprint density at radius 2 is 2.00 bits per heavy atom. The van der Waals surface area contributed by atoms with Crippen molar-refractivity contribution in [3.8, 4) is 12.3 Å². The second-order valence-electron chi connectivity index (χ2n) is 12.5. The first kappa shape index (κ1) is 27.6. The van der Waals surface area contributed by atoms with Crippen molar-refractivity contribution in [3.05, 3.63) is 69.9 Å². The van der Waals surface area contributed by atoms with Gasteiger partial charge in [0.2, 0.25) is 11.9 Å². The molecule has 0 spiro atoms. The number of aryl methyl sites for hydroxylation is 1. The summed E-state index contributed by atoms with van der Waals surface area (Å²) in [6.07, 6.45) is 11.6. The zero-order valence-corrected chi connectivity index (χ0v) is 24.4. The van der Waals surface area contributed by atoms with E-state index in [4.69, 9.17) is 18.0 Å². The molecule has 0 amide bonds. The summed E-state index contributed by atoms with van der Waals surface area (Å²) in [5, 5.41) is 9.75. The van der Waals surface area contributed by atoms with Crippen molar-refractivity contribution >= 4 is 33.9 Å². The Bertz CT molecular complexity index is 1600. The number of fused-ring (bicyclic) bond motifs is 1. The number of benzene rings is 1. The third kappa shape index (κ3) is 5.15. The Labute approximate surface area is 244 Å². The number of nitrogens with one attached hydrogen (secondary N) is 4. The number of hydrogen-bond acceptors (Lipinski definition) is 7. The van der Waals surface area contributed by atoms with Gasteiger partial charge in [-0.1, -0.05) is 44.4 Å². The summed E-state index contributed by atoms with van der Waals surface area (Å²) in [4.78, 5) is 8.54. The van der Waals surface area contributed by atoms with E-state index in [0.717, 1.165) is 36.8 Å². The van der Waals surface area contributed by atoms with Crippen molar-refractivity contribution in [2.45, 2.75) is 65.0 Å². The second kappa shape index (κ2) is 10.0. The van der Waals surface area contributed by atoms with Crippen molar-refractivity contribution in [1.82, 2.24) is 25.9 Å². The predicted molar refractivity (Wildman–Crippen MR) is 159 cm³/mol. The normalized spacial score (nSPS) is 18.7.